The molecule has 0 saturated carbocycles. The van der Waals surface area contributed by atoms with Gasteiger partial charge < -0.3 is 19.5 Å². The Balaban J connectivity index is 2.23. The zero-order chi connectivity index (χ0) is 25.8. The van der Waals surface area contributed by atoms with Crippen LogP contribution in [0.1, 0.15) is 53.9 Å². The third kappa shape index (κ3) is 7.23. The topological polar surface area (TPSA) is 87.1 Å². The van der Waals surface area contributed by atoms with Crippen LogP contribution in [-0.2, 0) is 14.0 Å². The SMILES string of the molecule is CC(C)C1CC(=O)N(c2ccc(F)cc2)C1C=CC(O)C[C@H](CC(=O)O)O[Si](C)(C)C(C)(C)C. The van der Waals surface area contributed by atoms with Gasteiger partial charge in [0.2, 0.25) is 5.91 Å². The molecule has 1 fully saturated rings. The average molecular weight is 494 g/mol. The number of carbonyl (C=O) groups is 2. The lowest BCUT2D eigenvalue weighted by Crippen LogP contribution is -2.45. The van der Waals surface area contributed by atoms with Crippen LogP contribution >= 0.6 is 0 Å². The van der Waals surface area contributed by atoms with Crippen molar-refractivity contribution in [3.8, 4) is 0 Å². The predicted octanol–water partition coefficient (Wildman–Crippen LogP) is 5.38. The summed E-state index contributed by atoms with van der Waals surface area (Å²) in [7, 11) is -2.23. The van der Waals surface area contributed by atoms with Crippen molar-refractivity contribution in [2.75, 3.05) is 4.90 Å². The van der Waals surface area contributed by atoms with Crippen LogP contribution in [0.15, 0.2) is 36.4 Å². The van der Waals surface area contributed by atoms with E-state index >= 15 is 0 Å². The Bertz CT molecular complexity index is 878. The van der Waals surface area contributed by atoms with E-state index in [1.54, 1.807) is 23.1 Å². The Morgan fingerprint density at radius 2 is 1.85 bits per heavy atom. The van der Waals surface area contributed by atoms with E-state index in [1.807, 2.05) is 6.08 Å². The first kappa shape index (κ1) is 28.2. The molecule has 1 heterocycles. The molecular weight excluding hydrogens is 453 g/mol. The molecule has 1 aromatic carbocycles. The van der Waals surface area contributed by atoms with Gasteiger partial charge in [-0.15, -0.1) is 0 Å². The maximum absolute atomic E-state index is 13.4. The number of carboxylic acid groups (broad SMARTS) is 1. The number of amides is 1. The van der Waals surface area contributed by atoms with Crippen molar-refractivity contribution in [2.24, 2.45) is 11.8 Å². The molecule has 0 bridgehead atoms. The second kappa shape index (κ2) is 11.1. The third-order valence-electron chi connectivity index (χ3n) is 7.08. The van der Waals surface area contributed by atoms with Gasteiger partial charge in [-0.25, -0.2) is 4.39 Å². The standard InChI is InChI=1S/C26H40FNO5Si/c1-17(2)22-16-24(30)28(19-10-8-18(27)9-11-19)23(22)13-12-20(29)14-21(15-25(31)32)33-34(6,7)26(3,4)5/h8-13,17,20-23,29H,14-16H2,1-7H3,(H,31,32)/t20?,21-,22?,23?/m1/s1. The number of aliphatic carboxylic acids is 1. The molecule has 0 aliphatic carbocycles. The fourth-order valence-electron chi connectivity index (χ4n) is 4.11. The summed E-state index contributed by atoms with van der Waals surface area (Å²) in [5.41, 5.74) is 0.615. The molecule has 0 aromatic heterocycles. The van der Waals surface area contributed by atoms with Crippen LogP contribution in [0.3, 0.4) is 0 Å². The average Bonchev–Trinajstić information content (AvgIpc) is 3.02. The molecule has 4 atom stereocenters. The summed E-state index contributed by atoms with van der Waals surface area (Å²) in [4.78, 5) is 25.9. The number of carboxylic acids is 1. The smallest absolute Gasteiger partial charge is 0.305 e. The molecular formula is C26H40FNO5Si. The molecule has 1 saturated heterocycles. The number of halogens is 1. The zero-order valence-corrected chi connectivity index (χ0v) is 22.4. The zero-order valence-electron chi connectivity index (χ0n) is 21.4. The van der Waals surface area contributed by atoms with Crippen LogP contribution in [0.2, 0.25) is 18.1 Å². The summed E-state index contributed by atoms with van der Waals surface area (Å²) in [6.07, 6.45) is 2.27. The van der Waals surface area contributed by atoms with Crippen molar-refractivity contribution in [1.29, 1.82) is 0 Å². The highest BCUT2D eigenvalue weighted by Crippen LogP contribution is 2.39. The molecule has 34 heavy (non-hydrogen) atoms. The fraction of sp³-hybridized carbons (Fsp3) is 0.615. The maximum atomic E-state index is 13.4. The number of anilines is 1. The Hall–Kier alpha value is -2.03. The number of aliphatic hydroxyl groups is 1. The highest BCUT2D eigenvalue weighted by atomic mass is 28.4. The van der Waals surface area contributed by atoms with Crippen molar-refractivity contribution in [1.82, 2.24) is 0 Å². The van der Waals surface area contributed by atoms with Gasteiger partial charge in [0.25, 0.3) is 0 Å². The Morgan fingerprint density at radius 3 is 2.35 bits per heavy atom. The van der Waals surface area contributed by atoms with Crippen LogP contribution in [0.5, 0.6) is 0 Å². The number of hydrogen-bond donors (Lipinski definition) is 2. The van der Waals surface area contributed by atoms with Crippen LogP contribution in [0.25, 0.3) is 0 Å². The first-order valence-corrected chi connectivity index (χ1v) is 14.9. The van der Waals surface area contributed by atoms with Crippen LogP contribution in [0, 0.1) is 17.7 Å². The monoisotopic (exact) mass is 493 g/mol. The number of hydrogen-bond acceptors (Lipinski definition) is 4. The minimum atomic E-state index is -2.23. The van der Waals surface area contributed by atoms with E-state index < -0.39 is 26.5 Å². The second-order valence-corrected chi connectivity index (χ2v) is 15.9. The lowest BCUT2D eigenvalue weighted by atomic mass is 9.88. The molecule has 1 amide bonds. The van der Waals surface area contributed by atoms with Gasteiger partial charge in [-0.05, 0) is 54.2 Å². The normalized spacial score (nSPS) is 21.5. The largest absolute Gasteiger partial charge is 0.481 e. The first-order valence-electron chi connectivity index (χ1n) is 12.0. The number of benzene rings is 1. The van der Waals surface area contributed by atoms with Crippen molar-refractivity contribution in [2.45, 2.75) is 90.3 Å². The molecule has 190 valence electrons. The summed E-state index contributed by atoms with van der Waals surface area (Å²) >= 11 is 0. The first-order chi connectivity index (χ1) is 15.6. The van der Waals surface area contributed by atoms with Crippen LogP contribution in [-0.4, -0.2) is 48.7 Å². The molecule has 6 nitrogen and oxygen atoms in total. The van der Waals surface area contributed by atoms with E-state index in [0.29, 0.717) is 12.1 Å². The van der Waals surface area contributed by atoms with E-state index in [2.05, 4.69) is 47.7 Å². The summed E-state index contributed by atoms with van der Waals surface area (Å²) in [6, 6.07) is 5.55. The Kier molecular flexibility index (Phi) is 9.24. The molecule has 0 spiro atoms. The van der Waals surface area contributed by atoms with Crippen molar-refractivity contribution >= 4 is 25.9 Å². The summed E-state index contributed by atoms with van der Waals surface area (Å²) in [5.74, 6) is -1.12. The molecule has 8 heteroatoms. The Morgan fingerprint density at radius 1 is 1.26 bits per heavy atom. The lowest BCUT2D eigenvalue weighted by Gasteiger charge is -2.39. The van der Waals surface area contributed by atoms with Crippen molar-refractivity contribution in [3.63, 3.8) is 0 Å². The van der Waals surface area contributed by atoms with Gasteiger partial charge in [0.1, 0.15) is 5.82 Å². The summed E-state index contributed by atoms with van der Waals surface area (Å²) in [6.45, 7) is 14.5. The van der Waals surface area contributed by atoms with E-state index in [9.17, 15) is 24.2 Å². The quantitative estimate of drug-likeness (QED) is 0.338. The van der Waals surface area contributed by atoms with E-state index in [1.165, 1.54) is 12.1 Å². The number of rotatable bonds is 10. The van der Waals surface area contributed by atoms with Crippen molar-refractivity contribution in [3.05, 3.63) is 42.2 Å². The van der Waals surface area contributed by atoms with Gasteiger partial charge in [0.05, 0.1) is 24.7 Å². The van der Waals surface area contributed by atoms with E-state index in [4.69, 9.17) is 4.43 Å². The van der Waals surface area contributed by atoms with Crippen molar-refractivity contribution < 1.29 is 28.6 Å². The van der Waals surface area contributed by atoms with Gasteiger partial charge in [-0.1, -0.05) is 46.8 Å². The molecule has 0 radical (unpaired) electrons. The van der Waals surface area contributed by atoms with Crippen LogP contribution < -0.4 is 4.90 Å². The highest BCUT2D eigenvalue weighted by molar-refractivity contribution is 6.74. The highest BCUT2D eigenvalue weighted by Gasteiger charge is 2.41. The summed E-state index contributed by atoms with van der Waals surface area (Å²) in [5, 5.41) is 20.1. The van der Waals surface area contributed by atoms with Gasteiger partial charge in [-0.3, -0.25) is 9.59 Å². The molecule has 1 aromatic rings. The number of nitrogens with zero attached hydrogens (tertiary/aromatic N) is 1. The fourth-order valence-corrected chi connectivity index (χ4v) is 5.47. The van der Waals surface area contributed by atoms with Gasteiger partial charge >= 0.3 is 5.97 Å². The molecule has 1 aliphatic heterocycles. The minimum absolute atomic E-state index is 0.0410. The second-order valence-electron chi connectivity index (χ2n) is 11.1. The van der Waals surface area contributed by atoms with Gasteiger partial charge in [0, 0.05) is 18.5 Å². The number of aliphatic hydroxyl groups excluding tert-OH is 1. The van der Waals surface area contributed by atoms with E-state index in [0.717, 1.165) is 0 Å². The third-order valence-corrected chi connectivity index (χ3v) is 11.6. The summed E-state index contributed by atoms with van der Waals surface area (Å²) < 4.78 is 19.7. The Labute approximate surface area is 203 Å². The molecule has 2 rings (SSSR count). The molecule has 1 aliphatic rings. The molecule has 3 unspecified atom stereocenters. The van der Waals surface area contributed by atoms with E-state index in [-0.39, 0.29) is 47.5 Å². The minimum Gasteiger partial charge on any atom is -0.481 e. The van der Waals surface area contributed by atoms with Gasteiger partial charge in [-0.2, -0.15) is 0 Å². The van der Waals surface area contributed by atoms with Crippen LogP contribution in [0.4, 0.5) is 10.1 Å². The molecule has 2 N–H and O–H groups in total. The maximum Gasteiger partial charge on any atom is 0.305 e. The predicted molar refractivity (Wildman–Crippen MR) is 135 cm³/mol. The van der Waals surface area contributed by atoms with Gasteiger partial charge in [0.15, 0.2) is 8.32 Å². The lowest BCUT2D eigenvalue weighted by molar-refractivity contribution is -0.139. The number of carbonyl (C=O) groups excluding carboxylic acids is 1.